The summed E-state index contributed by atoms with van der Waals surface area (Å²) in [7, 11) is 0. The van der Waals surface area contributed by atoms with E-state index in [0.29, 0.717) is 5.92 Å². The van der Waals surface area contributed by atoms with Crippen LogP contribution in [0.25, 0.3) is 0 Å². The zero-order chi connectivity index (χ0) is 22.6. The van der Waals surface area contributed by atoms with Crippen LogP contribution < -0.4 is 5.32 Å². The Balaban J connectivity index is 0.000000339. The monoisotopic (exact) mass is 462 g/mol. The van der Waals surface area contributed by atoms with Crippen LogP contribution in [0.2, 0.25) is 0 Å². The summed E-state index contributed by atoms with van der Waals surface area (Å²) < 4.78 is 37.7. The van der Waals surface area contributed by atoms with Gasteiger partial charge < -0.3 is 15.2 Å². The largest absolute Gasteiger partial charge is 0.490 e. The Morgan fingerprint density at radius 3 is 2.55 bits per heavy atom. The van der Waals surface area contributed by atoms with E-state index in [2.05, 4.69) is 29.3 Å². The lowest BCUT2D eigenvalue weighted by molar-refractivity contribution is -0.192. The number of carbonyl (C=O) groups is 2. The van der Waals surface area contributed by atoms with Crippen molar-refractivity contribution in [3.63, 3.8) is 0 Å². The van der Waals surface area contributed by atoms with Crippen molar-refractivity contribution in [2.75, 3.05) is 26.2 Å². The van der Waals surface area contributed by atoms with Crippen molar-refractivity contribution in [3.05, 3.63) is 21.9 Å². The summed E-state index contributed by atoms with van der Waals surface area (Å²) in [6.45, 7) is 6.87. The number of likely N-dealkylation sites (tertiary alicyclic amines) is 1. The van der Waals surface area contributed by atoms with E-state index in [1.54, 1.807) is 0 Å². The zero-order valence-electron chi connectivity index (χ0n) is 17.5. The second-order valence-electron chi connectivity index (χ2n) is 8.50. The predicted molar refractivity (Wildman–Crippen MR) is 110 cm³/mol. The minimum Gasteiger partial charge on any atom is -0.475 e. The van der Waals surface area contributed by atoms with E-state index < -0.39 is 12.1 Å². The normalized spacial score (nSPS) is 26.4. The van der Waals surface area contributed by atoms with Gasteiger partial charge in [-0.3, -0.25) is 9.69 Å². The molecular weight excluding hydrogens is 433 g/mol. The van der Waals surface area contributed by atoms with Crippen LogP contribution in [0.5, 0.6) is 0 Å². The fourth-order valence-electron chi connectivity index (χ4n) is 4.14. The zero-order valence-corrected chi connectivity index (χ0v) is 18.3. The first kappa shape index (κ1) is 24.0. The molecule has 3 fully saturated rings. The molecule has 2 saturated heterocycles. The number of carboxylic acid groups (broad SMARTS) is 1. The summed E-state index contributed by atoms with van der Waals surface area (Å²) in [5, 5.41) is 10.3. The molecule has 6 nitrogen and oxygen atoms in total. The summed E-state index contributed by atoms with van der Waals surface area (Å²) in [6, 6.07) is 4.44. The maximum absolute atomic E-state index is 12.7. The summed E-state index contributed by atoms with van der Waals surface area (Å²) in [5.74, 6) is -1.25. The molecule has 31 heavy (non-hydrogen) atoms. The maximum atomic E-state index is 12.7. The van der Waals surface area contributed by atoms with Gasteiger partial charge in [-0.2, -0.15) is 13.2 Å². The van der Waals surface area contributed by atoms with Crippen molar-refractivity contribution in [1.82, 2.24) is 10.2 Å². The minimum absolute atomic E-state index is 0.135. The molecule has 1 aliphatic carbocycles. The molecule has 174 valence electrons. The number of rotatable bonds is 5. The third-order valence-electron chi connectivity index (χ3n) is 5.97. The van der Waals surface area contributed by atoms with E-state index in [4.69, 9.17) is 14.6 Å². The Bertz CT molecular complexity index is 766. The SMILES string of the molecule is Cc1ccc(CN2CC[C@H]3OCC[C@@H](C(=O)NCC4CC4)[C@@H]3C2)s1.O=C(O)C(F)(F)F. The number of aliphatic carboxylic acids is 1. The molecule has 1 saturated carbocycles. The Morgan fingerprint density at radius 1 is 1.26 bits per heavy atom. The topological polar surface area (TPSA) is 78.9 Å². The lowest BCUT2D eigenvalue weighted by Gasteiger charge is -2.44. The van der Waals surface area contributed by atoms with Crippen molar-refractivity contribution in [2.45, 2.75) is 51.4 Å². The van der Waals surface area contributed by atoms with Crippen molar-refractivity contribution in [1.29, 1.82) is 0 Å². The van der Waals surface area contributed by atoms with Gasteiger partial charge in [-0.25, -0.2) is 4.79 Å². The van der Waals surface area contributed by atoms with Gasteiger partial charge in [0.25, 0.3) is 0 Å². The number of alkyl halides is 3. The second kappa shape index (κ2) is 10.3. The molecule has 1 aromatic rings. The molecule has 0 spiro atoms. The molecule has 0 aromatic carbocycles. The van der Waals surface area contributed by atoms with E-state index >= 15 is 0 Å². The molecule has 0 bridgehead atoms. The third-order valence-corrected chi connectivity index (χ3v) is 6.96. The van der Waals surface area contributed by atoms with Crippen LogP contribution in [0.4, 0.5) is 13.2 Å². The summed E-state index contributed by atoms with van der Waals surface area (Å²) in [5.41, 5.74) is 0. The number of amides is 1. The van der Waals surface area contributed by atoms with Crippen LogP contribution in [0.15, 0.2) is 12.1 Å². The number of carboxylic acids is 1. The number of nitrogens with zero attached hydrogens (tertiary/aromatic N) is 1. The lowest BCUT2D eigenvalue weighted by atomic mass is 9.79. The van der Waals surface area contributed by atoms with Crippen molar-refractivity contribution in [2.24, 2.45) is 17.8 Å². The first-order chi connectivity index (χ1) is 14.6. The third kappa shape index (κ3) is 7.18. The molecule has 3 aliphatic rings. The van der Waals surface area contributed by atoms with Gasteiger partial charge in [0.15, 0.2) is 0 Å². The van der Waals surface area contributed by atoms with Gasteiger partial charge in [-0.1, -0.05) is 0 Å². The average molecular weight is 463 g/mol. The molecule has 3 atom stereocenters. The Hall–Kier alpha value is -1.65. The van der Waals surface area contributed by atoms with Crippen molar-refractivity contribution >= 4 is 23.2 Å². The van der Waals surface area contributed by atoms with Crippen LogP contribution in [0, 0.1) is 24.7 Å². The van der Waals surface area contributed by atoms with Gasteiger partial charge in [0.2, 0.25) is 5.91 Å². The number of nitrogens with one attached hydrogen (secondary N) is 1. The first-order valence-electron chi connectivity index (χ1n) is 10.6. The van der Waals surface area contributed by atoms with E-state index in [1.807, 2.05) is 11.3 Å². The first-order valence-corrected chi connectivity index (χ1v) is 11.4. The molecular formula is C21H29F3N2O4S. The van der Waals surface area contributed by atoms with Crippen LogP contribution in [0.3, 0.4) is 0 Å². The highest BCUT2D eigenvalue weighted by Gasteiger charge is 2.42. The predicted octanol–water partition coefficient (Wildman–Crippen LogP) is 3.44. The summed E-state index contributed by atoms with van der Waals surface area (Å²) in [6.07, 6.45) is -0.301. The molecule has 0 radical (unpaired) electrons. The number of thiophene rings is 1. The fraction of sp³-hybridized carbons (Fsp3) is 0.714. The maximum Gasteiger partial charge on any atom is 0.490 e. The summed E-state index contributed by atoms with van der Waals surface area (Å²) >= 11 is 1.88. The number of ether oxygens (including phenoxy) is 1. The number of carbonyl (C=O) groups excluding carboxylic acids is 1. The smallest absolute Gasteiger partial charge is 0.475 e. The average Bonchev–Trinajstić information content (AvgIpc) is 3.46. The standard InChI is InChI=1S/C19H28N2O2S.C2HF3O2/c1-13-2-5-15(24-13)11-21-8-6-18-17(12-21)16(7-9-23-18)19(22)20-10-14-3-4-14;3-2(4,5)1(6)7/h2,5,14,16-18H,3-4,6-12H2,1H3,(H,20,22);(H,6,7)/t16-,17+,18-;/m1./s1. The van der Waals surface area contributed by atoms with Gasteiger partial charge in [0.1, 0.15) is 0 Å². The van der Waals surface area contributed by atoms with E-state index in [0.717, 1.165) is 51.5 Å². The highest BCUT2D eigenvalue weighted by molar-refractivity contribution is 7.11. The molecule has 3 heterocycles. The van der Waals surface area contributed by atoms with Gasteiger partial charge in [-0.05, 0) is 50.7 Å². The molecule has 0 unspecified atom stereocenters. The number of aryl methyl sites for hydroxylation is 1. The highest BCUT2D eigenvalue weighted by atomic mass is 32.1. The van der Waals surface area contributed by atoms with Crippen LogP contribution in [0.1, 0.15) is 35.4 Å². The number of fused-ring (bicyclic) bond motifs is 1. The summed E-state index contributed by atoms with van der Waals surface area (Å²) in [4.78, 5) is 26.9. The number of halogens is 3. The van der Waals surface area contributed by atoms with Crippen LogP contribution in [-0.4, -0.2) is 60.4 Å². The van der Waals surface area contributed by atoms with Gasteiger partial charge >= 0.3 is 12.1 Å². The van der Waals surface area contributed by atoms with Gasteiger partial charge in [0, 0.05) is 54.4 Å². The van der Waals surface area contributed by atoms with Crippen molar-refractivity contribution in [3.8, 4) is 0 Å². The second-order valence-corrected chi connectivity index (χ2v) is 9.87. The number of hydrogen-bond donors (Lipinski definition) is 2. The Morgan fingerprint density at radius 2 is 1.97 bits per heavy atom. The lowest BCUT2D eigenvalue weighted by Crippen LogP contribution is -2.53. The van der Waals surface area contributed by atoms with E-state index in [9.17, 15) is 18.0 Å². The quantitative estimate of drug-likeness (QED) is 0.701. The number of piperidine rings is 1. The Labute approximate surface area is 183 Å². The molecule has 4 rings (SSSR count). The minimum atomic E-state index is -5.08. The van der Waals surface area contributed by atoms with E-state index in [1.165, 1.54) is 22.6 Å². The molecule has 1 aromatic heterocycles. The molecule has 2 N–H and O–H groups in total. The van der Waals surface area contributed by atoms with Gasteiger partial charge in [-0.15, -0.1) is 11.3 Å². The van der Waals surface area contributed by atoms with Crippen LogP contribution in [-0.2, 0) is 20.9 Å². The van der Waals surface area contributed by atoms with Crippen molar-refractivity contribution < 1.29 is 32.6 Å². The van der Waals surface area contributed by atoms with E-state index in [-0.39, 0.29) is 17.9 Å². The molecule has 10 heteroatoms. The fourth-order valence-corrected chi connectivity index (χ4v) is 5.08. The number of hydrogen-bond acceptors (Lipinski definition) is 5. The highest BCUT2D eigenvalue weighted by Crippen LogP contribution is 2.35. The van der Waals surface area contributed by atoms with Crippen LogP contribution >= 0.6 is 11.3 Å². The van der Waals surface area contributed by atoms with Gasteiger partial charge in [0.05, 0.1) is 6.10 Å². The Kier molecular flexibility index (Phi) is 7.98. The molecule has 2 aliphatic heterocycles. The molecule has 1 amide bonds.